The number of rotatable bonds is 8. The van der Waals surface area contributed by atoms with Crippen molar-refractivity contribution in [1.82, 2.24) is 4.98 Å². The first-order chi connectivity index (χ1) is 9.58. The number of anilines is 1. The van der Waals surface area contributed by atoms with Crippen LogP contribution in [0.2, 0.25) is 0 Å². The van der Waals surface area contributed by atoms with E-state index in [1.807, 2.05) is 0 Å². The molecule has 1 rings (SSSR count). The molecule has 1 heterocycles. The van der Waals surface area contributed by atoms with Gasteiger partial charge in [0.1, 0.15) is 11.4 Å². The zero-order valence-electron chi connectivity index (χ0n) is 11.5. The molecule has 2 N–H and O–H groups in total. The highest BCUT2D eigenvalue weighted by Crippen LogP contribution is 2.13. The van der Waals surface area contributed by atoms with E-state index in [1.165, 1.54) is 13.3 Å². The number of carbonyl (C=O) groups excluding carboxylic acids is 1. The van der Waals surface area contributed by atoms with Crippen LogP contribution in [0.1, 0.15) is 23.7 Å². The molecule has 0 saturated heterocycles. The molecule has 0 radical (unpaired) electrons. The molecule has 20 heavy (non-hydrogen) atoms. The van der Waals surface area contributed by atoms with Crippen molar-refractivity contribution in [3.05, 3.63) is 23.9 Å². The van der Waals surface area contributed by atoms with Crippen molar-refractivity contribution < 1.29 is 24.2 Å². The van der Waals surface area contributed by atoms with Crippen LogP contribution >= 0.6 is 0 Å². The van der Waals surface area contributed by atoms with E-state index in [9.17, 15) is 9.59 Å². The first-order valence-electron chi connectivity index (χ1n) is 6.19. The molecule has 1 atom stereocenters. The van der Waals surface area contributed by atoms with Crippen LogP contribution in [0.3, 0.4) is 0 Å². The minimum absolute atomic E-state index is 0.134. The van der Waals surface area contributed by atoms with Crippen LogP contribution in [-0.2, 0) is 14.3 Å². The zero-order chi connectivity index (χ0) is 15.0. The molecular formula is C13H18N2O5. The summed E-state index contributed by atoms with van der Waals surface area (Å²) in [4.78, 5) is 26.4. The van der Waals surface area contributed by atoms with Gasteiger partial charge in [-0.2, -0.15) is 0 Å². The molecule has 0 fully saturated rings. The lowest BCUT2D eigenvalue weighted by atomic mass is 10.2. The largest absolute Gasteiger partial charge is 0.481 e. The third kappa shape index (κ3) is 4.85. The summed E-state index contributed by atoms with van der Waals surface area (Å²) in [5, 5.41) is 11.6. The molecule has 0 aromatic carbocycles. The van der Waals surface area contributed by atoms with Gasteiger partial charge in [-0.3, -0.25) is 4.79 Å². The van der Waals surface area contributed by atoms with E-state index < -0.39 is 18.0 Å². The summed E-state index contributed by atoms with van der Waals surface area (Å²) in [6.45, 7) is 2.22. The minimum atomic E-state index is -0.953. The van der Waals surface area contributed by atoms with Gasteiger partial charge in [-0.05, 0) is 19.1 Å². The predicted molar refractivity (Wildman–Crippen MR) is 71.7 cm³/mol. The fourth-order valence-corrected chi connectivity index (χ4v) is 1.56. The minimum Gasteiger partial charge on any atom is -0.481 e. The molecule has 7 heteroatoms. The second kappa shape index (κ2) is 8.11. The average Bonchev–Trinajstić information content (AvgIpc) is 2.43. The van der Waals surface area contributed by atoms with Crippen molar-refractivity contribution in [3.8, 4) is 0 Å². The number of pyridine rings is 1. The quantitative estimate of drug-likeness (QED) is 0.690. The molecule has 1 aromatic heterocycles. The molecule has 0 bridgehead atoms. The number of esters is 1. The van der Waals surface area contributed by atoms with Gasteiger partial charge in [0.15, 0.2) is 0 Å². The molecule has 1 unspecified atom stereocenters. The summed E-state index contributed by atoms with van der Waals surface area (Å²) < 4.78 is 9.97. The summed E-state index contributed by atoms with van der Waals surface area (Å²) in [6.07, 6.45) is 0.888. The summed E-state index contributed by atoms with van der Waals surface area (Å²) in [5.41, 5.74) is 0.305. The Morgan fingerprint density at radius 2 is 2.25 bits per heavy atom. The second-order valence-corrected chi connectivity index (χ2v) is 3.96. The molecule has 0 spiro atoms. The van der Waals surface area contributed by atoms with Gasteiger partial charge in [0, 0.05) is 19.9 Å². The summed E-state index contributed by atoms with van der Waals surface area (Å²) in [6, 6.07) is 3.22. The number of carboxylic acids is 1. The van der Waals surface area contributed by atoms with E-state index in [1.54, 1.807) is 19.1 Å². The summed E-state index contributed by atoms with van der Waals surface area (Å²) >= 11 is 0. The van der Waals surface area contributed by atoms with Gasteiger partial charge in [-0.25, -0.2) is 9.78 Å². The SMILES string of the molecule is CCOC(=O)c1cccnc1NCC(CC(=O)O)OC. The molecule has 0 amide bonds. The molecule has 1 aromatic rings. The van der Waals surface area contributed by atoms with Crippen molar-refractivity contribution in [2.45, 2.75) is 19.4 Å². The lowest BCUT2D eigenvalue weighted by Crippen LogP contribution is -2.26. The summed E-state index contributed by atoms with van der Waals surface area (Å²) in [5.74, 6) is -1.08. The maximum absolute atomic E-state index is 11.7. The number of methoxy groups -OCH3 is 1. The van der Waals surface area contributed by atoms with Gasteiger partial charge >= 0.3 is 11.9 Å². The number of hydrogen-bond acceptors (Lipinski definition) is 6. The maximum Gasteiger partial charge on any atom is 0.341 e. The topological polar surface area (TPSA) is 97.8 Å². The molecule has 0 aliphatic heterocycles. The second-order valence-electron chi connectivity index (χ2n) is 3.96. The lowest BCUT2D eigenvalue weighted by molar-refractivity contribution is -0.139. The Morgan fingerprint density at radius 1 is 1.50 bits per heavy atom. The van der Waals surface area contributed by atoms with Crippen LogP contribution in [-0.4, -0.2) is 48.4 Å². The van der Waals surface area contributed by atoms with Crippen LogP contribution < -0.4 is 5.32 Å². The van der Waals surface area contributed by atoms with Crippen LogP contribution in [0.5, 0.6) is 0 Å². The van der Waals surface area contributed by atoms with Crippen LogP contribution in [0.4, 0.5) is 5.82 Å². The van der Waals surface area contributed by atoms with E-state index >= 15 is 0 Å². The molecular weight excluding hydrogens is 264 g/mol. The Kier molecular flexibility index (Phi) is 6.45. The monoisotopic (exact) mass is 282 g/mol. The summed E-state index contributed by atoms with van der Waals surface area (Å²) in [7, 11) is 1.43. The van der Waals surface area contributed by atoms with Crippen molar-refractivity contribution in [2.75, 3.05) is 25.6 Å². The fourth-order valence-electron chi connectivity index (χ4n) is 1.56. The van der Waals surface area contributed by atoms with Gasteiger partial charge in [-0.15, -0.1) is 0 Å². The highest BCUT2D eigenvalue weighted by Gasteiger charge is 2.16. The van der Waals surface area contributed by atoms with Crippen LogP contribution in [0.25, 0.3) is 0 Å². The Bertz CT molecular complexity index is 464. The van der Waals surface area contributed by atoms with Gasteiger partial charge in [0.05, 0.1) is 19.1 Å². The van der Waals surface area contributed by atoms with Gasteiger partial charge in [0.25, 0.3) is 0 Å². The third-order valence-electron chi connectivity index (χ3n) is 2.54. The van der Waals surface area contributed by atoms with Crippen molar-refractivity contribution >= 4 is 17.8 Å². The predicted octanol–water partition coefficient (Wildman–Crippen LogP) is 1.16. The van der Waals surface area contributed by atoms with E-state index in [4.69, 9.17) is 14.6 Å². The van der Waals surface area contributed by atoms with Gasteiger partial charge in [0.2, 0.25) is 0 Å². The molecule has 0 aliphatic rings. The number of aromatic nitrogens is 1. The van der Waals surface area contributed by atoms with E-state index in [0.29, 0.717) is 11.4 Å². The Balaban J connectivity index is 2.72. The maximum atomic E-state index is 11.7. The van der Waals surface area contributed by atoms with E-state index in [2.05, 4.69) is 10.3 Å². The Morgan fingerprint density at radius 3 is 2.85 bits per heavy atom. The van der Waals surface area contributed by atoms with E-state index in [0.717, 1.165) is 0 Å². The molecule has 0 saturated carbocycles. The highest BCUT2D eigenvalue weighted by molar-refractivity contribution is 5.94. The molecule has 0 aliphatic carbocycles. The third-order valence-corrected chi connectivity index (χ3v) is 2.54. The van der Waals surface area contributed by atoms with Crippen LogP contribution in [0, 0.1) is 0 Å². The number of ether oxygens (including phenoxy) is 2. The van der Waals surface area contributed by atoms with Crippen LogP contribution in [0.15, 0.2) is 18.3 Å². The number of aliphatic carboxylic acids is 1. The number of hydrogen-bond donors (Lipinski definition) is 2. The highest BCUT2D eigenvalue weighted by atomic mass is 16.5. The first-order valence-corrected chi connectivity index (χ1v) is 6.19. The smallest absolute Gasteiger partial charge is 0.341 e. The normalized spacial score (nSPS) is 11.7. The standard InChI is InChI=1S/C13H18N2O5/c1-3-20-13(18)10-5-4-6-14-12(10)15-8-9(19-2)7-11(16)17/h4-6,9H,3,7-8H2,1-2H3,(H,14,15)(H,16,17). The van der Waals surface area contributed by atoms with Gasteiger partial charge < -0.3 is 19.9 Å². The molecule has 110 valence electrons. The van der Waals surface area contributed by atoms with Crippen molar-refractivity contribution in [1.29, 1.82) is 0 Å². The number of nitrogens with one attached hydrogen (secondary N) is 1. The zero-order valence-corrected chi connectivity index (χ0v) is 11.5. The van der Waals surface area contributed by atoms with Crippen molar-refractivity contribution in [2.24, 2.45) is 0 Å². The van der Waals surface area contributed by atoms with Crippen molar-refractivity contribution in [3.63, 3.8) is 0 Å². The number of nitrogens with zero attached hydrogens (tertiary/aromatic N) is 1. The fraction of sp³-hybridized carbons (Fsp3) is 0.462. The Hall–Kier alpha value is -2.15. The first kappa shape index (κ1) is 15.9. The average molecular weight is 282 g/mol. The number of carboxylic acid groups (broad SMARTS) is 1. The van der Waals surface area contributed by atoms with E-state index in [-0.39, 0.29) is 19.6 Å². The lowest BCUT2D eigenvalue weighted by Gasteiger charge is -2.15. The molecule has 7 nitrogen and oxygen atoms in total. The Labute approximate surface area is 116 Å². The number of carbonyl (C=O) groups is 2. The van der Waals surface area contributed by atoms with Gasteiger partial charge in [-0.1, -0.05) is 0 Å².